The molecular formula is C16H9Cl4N3O2. The van der Waals surface area contributed by atoms with E-state index >= 15 is 0 Å². The second-order valence-electron chi connectivity index (χ2n) is 5.10. The Morgan fingerprint density at radius 1 is 1.04 bits per heavy atom. The highest BCUT2D eigenvalue weighted by Gasteiger charge is 2.19. The molecule has 0 fully saturated rings. The van der Waals surface area contributed by atoms with Crippen molar-refractivity contribution in [3.8, 4) is 0 Å². The molecule has 1 amide bonds. The summed E-state index contributed by atoms with van der Waals surface area (Å²) < 4.78 is 0. The number of nitrogens with two attached hydrogens (primary N) is 1. The van der Waals surface area contributed by atoms with E-state index < -0.39 is 11.3 Å². The molecule has 25 heavy (non-hydrogen) atoms. The van der Waals surface area contributed by atoms with Gasteiger partial charge in [0, 0.05) is 10.4 Å². The lowest BCUT2D eigenvalue weighted by molar-refractivity contribution is 0.1000. The van der Waals surface area contributed by atoms with Crippen LogP contribution in [0, 0.1) is 0 Å². The van der Waals surface area contributed by atoms with E-state index in [0.717, 1.165) is 0 Å². The molecule has 0 saturated carbocycles. The van der Waals surface area contributed by atoms with Gasteiger partial charge in [-0.2, -0.15) is 0 Å². The minimum Gasteiger partial charge on any atom is -0.365 e. The van der Waals surface area contributed by atoms with Crippen LogP contribution in [0.3, 0.4) is 0 Å². The molecule has 0 aliphatic rings. The Morgan fingerprint density at radius 3 is 2.40 bits per heavy atom. The van der Waals surface area contributed by atoms with Crippen LogP contribution in [-0.2, 0) is 0 Å². The first-order chi connectivity index (χ1) is 11.8. The van der Waals surface area contributed by atoms with Crippen LogP contribution in [-0.4, -0.2) is 10.9 Å². The molecule has 1 aromatic heterocycles. The molecule has 5 nitrogen and oxygen atoms in total. The minimum atomic E-state index is -0.901. The van der Waals surface area contributed by atoms with Crippen LogP contribution in [0.15, 0.2) is 35.1 Å². The van der Waals surface area contributed by atoms with Crippen LogP contribution in [0.1, 0.15) is 10.4 Å². The largest absolute Gasteiger partial charge is 0.365 e. The summed E-state index contributed by atoms with van der Waals surface area (Å²) in [4.78, 5) is 27.4. The lowest BCUT2D eigenvalue weighted by Crippen LogP contribution is -2.24. The van der Waals surface area contributed by atoms with E-state index in [0.29, 0.717) is 15.7 Å². The first kappa shape index (κ1) is 17.9. The normalized spacial score (nSPS) is 10.9. The van der Waals surface area contributed by atoms with Crippen molar-refractivity contribution in [1.82, 2.24) is 4.98 Å². The molecular weight excluding hydrogens is 408 g/mol. The van der Waals surface area contributed by atoms with E-state index in [1.807, 2.05) is 0 Å². The van der Waals surface area contributed by atoms with Crippen molar-refractivity contribution in [3.63, 3.8) is 0 Å². The number of hydrogen-bond acceptors (Lipinski definition) is 3. The fourth-order valence-electron chi connectivity index (χ4n) is 2.35. The van der Waals surface area contributed by atoms with Gasteiger partial charge in [-0.1, -0.05) is 46.4 Å². The highest BCUT2D eigenvalue weighted by Crippen LogP contribution is 2.32. The van der Waals surface area contributed by atoms with Crippen LogP contribution >= 0.6 is 46.4 Å². The summed E-state index contributed by atoms with van der Waals surface area (Å²) in [6, 6.07) is 7.64. The van der Waals surface area contributed by atoms with Gasteiger partial charge in [0.25, 0.3) is 5.91 Å². The van der Waals surface area contributed by atoms with Gasteiger partial charge in [-0.05, 0) is 30.3 Å². The molecule has 0 atom stereocenters. The molecule has 0 saturated heterocycles. The summed E-state index contributed by atoms with van der Waals surface area (Å²) >= 11 is 24.2. The zero-order valence-corrected chi connectivity index (χ0v) is 15.3. The van der Waals surface area contributed by atoms with Gasteiger partial charge in [-0.3, -0.25) is 9.59 Å². The van der Waals surface area contributed by atoms with Crippen LogP contribution in [0.25, 0.3) is 10.9 Å². The number of aromatic nitrogens is 1. The van der Waals surface area contributed by atoms with Gasteiger partial charge in [0.05, 0.1) is 26.3 Å². The fraction of sp³-hybridized carbons (Fsp3) is 0. The number of aromatic amines is 1. The number of benzene rings is 2. The molecule has 3 aromatic rings. The molecule has 0 aliphatic heterocycles. The van der Waals surface area contributed by atoms with Crippen molar-refractivity contribution >= 4 is 74.7 Å². The number of pyridine rings is 1. The van der Waals surface area contributed by atoms with E-state index in [1.54, 1.807) is 12.1 Å². The maximum absolute atomic E-state index is 12.7. The Hall–Kier alpha value is -1.92. The highest BCUT2D eigenvalue weighted by atomic mass is 35.5. The molecule has 0 bridgehead atoms. The molecule has 4 N–H and O–H groups in total. The predicted octanol–water partition coefficient (Wildman–Crippen LogP) is 4.98. The molecule has 0 spiro atoms. The van der Waals surface area contributed by atoms with Gasteiger partial charge in [0.2, 0.25) is 5.43 Å². The van der Waals surface area contributed by atoms with Crippen molar-refractivity contribution in [1.29, 1.82) is 0 Å². The third-order valence-electron chi connectivity index (χ3n) is 3.50. The summed E-state index contributed by atoms with van der Waals surface area (Å²) in [5.41, 5.74) is 5.24. The molecule has 0 aliphatic carbocycles. The van der Waals surface area contributed by atoms with Crippen molar-refractivity contribution in [2.75, 3.05) is 5.32 Å². The lowest BCUT2D eigenvalue weighted by Gasteiger charge is -2.14. The number of carbonyl (C=O) groups excluding carboxylic acids is 1. The van der Waals surface area contributed by atoms with E-state index in [2.05, 4.69) is 10.3 Å². The van der Waals surface area contributed by atoms with Crippen molar-refractivity contribution in [2.45, 2.75) is 0 Å². The standard InChI is InChI=1S/C16H9Cl4N3O2/c17-6-1-4-10(9(19)5-6)22-16-11(15(21)25)14(24)7-2-3-8(18)12(20)13(7)23-16/h1-5H,(H2,21,25)(H2,22,23,24). The molecule has 128 valence electrons. The van der Waals surface area contributed by atoms with Crippen LogP contribution in [0.4, 0.5) is 11.5 Å². The summed E-state index contributed by atoms with van der Waals surface area (Å²) in [7, 11) is 0. The summed E-state index contributed by atoms with van der Waals surface area (Å²) in [5.74, 6) is -0.847. The van der Waals surface area contributed by atoms with Crippen molar-refractivity contribution in [2.24, 2.45) is 5.73 Å². The van der Waals surface area contributed by atoms with Crippen LogP contribution in [0.2, 0.25) is 20.1 Å². The van der Waals surface area contributed by atoms with E-state index in [-0.39, 0.29) is 32.3 Å². The summed E-state index contributed by atoms with van der Waals surface area (Å²) in [6.45, 7) is 0. The van der Waals surface area contributed by atoms with Gasteiger partial charge in [0.15, 0.2) is 0 Å². The Bertz CT molecular complexity index is 1080. The summed E-state index contributed by atoms with van der Waals surface area (Å²) in [6.07, 6.45) is 0. The van der Waals surface area contributed by atoms with Gasteiger partial charge < -0.3 is 16.0 Å². The molecule has 2 aromatic carbocycles. The number of fused-ring (bicyclic) bond motifs is 1. The number of carbonyl (C=O) groups is 1. The second-order valence-corrected chi connectivity index (χ2v) is 6.73. The zero-order chi connectivity index (χ0) is 18.3. The predicted molar refractivity (Wildman–Crippen MR) is 103 cm³/mol. The molecule has 9 heteroatoms. The number of primary amides is 1. The fourth-order valence-corrected chi connectivity index (χ4v) is 3.18. The average molecular weight is 417 g/mol. The zero-order valence-electron chi connectivity index (χ0n) is 12.3. The van der Waals surface area contributed by atoms with Crippen molar-refractivity contribution in [3.05, 3.63) is 66.2 Å². The number of H-pyrrole nitrogens is 1. The van der Waals surface area contributed by atoms with Crippen LogP contribution < -0.4 is 16.5 Å². The third kappa shape index (κ3) is 3.28. The van der Waals surface area contributed by atoms with Gasteiger partial charge in [-0.15, -0.1) is 0 Å². The number of hydrogen-bond donors (Lipinski definition) is 3. The van der Waals surface area contributed by atoms with Crippen LogP contribution in [0.5, 0.6) is 0 Å². The molecule has 0 unspecified atom stereocenters. The Morgan fingerprint density at radius 2 is 1.76 bits per heavy atom. The topological polar surface area (TPSA) is 88.0 Å². The highest BCUT2D eigenvalue weighted by molar-refractivity contribution is 6.45. The molecule has 1 heterocycles. The number of halogens is 4. The maximum Gasteiger partial charge on any atom is 0.256 e. The number of rotatable bonds is 3. The Kier molecular flexibility index (Phi) is 4.84. The Balaban J connectivity index is 2.29. The number of anilines is 2. The van der Waals surface area contributed by atoms with Gasteiger partial charge in [-0.25, -0.2) is 0 Å². The lowest BCUT2D eigenvalue weighted by atomic mass is 10.1. The third-order valence-corrected chi connectivity index (χ3v) is 4.86. The second kappa shape index (κ2) is 6.77. The van der Waals surface area contributed by atoms with E-state index in [1.165, 1.54) is 18.2 Å². The first-order valence-corrected chi connectivity index (χ1v) is 8.36. The quantitative estimate of drug-likeness (QED) is 0.562. The van der Waals surface area contributed by atoms with Gasteiger partial charge in [0.1, 0.15) is 11.4 Å². The smallest absolute Gasteiger partial charge is 0.256 e. The van der Waals surface area contributed by atoms with Crippen molar-refractivity contribution < 1.29 is 4.79 Å². The minimum absolute atomic E-state index is 0.0541. The molecule has 3 rings (SSSR count). The SMILES string of the molecule is NC(=O)c1c(Nc2ccc(Cl)cc2Cl)[nH]c2c(Cl)c(Cl)ccc2c1=O. The number of amides is 1. The molecule has 0 radical (unpaired) electrons. The monoisotopic (exact) mass is 415 g/mol. The summed E-state index contributed by atoms with van der Waals surface area (Å²) in [5, 5.41) is 4.21. The Labute approximate surface area is 161 Å². The number of nitrogens with one attached hydrogen (secondary N) is 2. The van der Waals surface area contributed by atoms with E-state index in [9.17, 15) is 9.59 Å². The first-order valence-electron chi connectivity index (χ1n) is 6.85. The van der Waals surface area contributed by atoms with E-state index in [4.69, 9.17) is 52.1 Å². The average Bonchev–Trinajstić information content (AvgIpc) is 2.53. The van der Waals surface area contributed by atoms with Gasteiger partial charge >= 0.3 is 0 Å². The maximum atomic E-state index is 12.7.